The monoisotopic (exact) mass is 253 g/mol. The van der Waals surface area contributed by atoms with Gasteiger partial charge >= 0.3 is 6.18 Å². The fraction of sp³-hybridized carbons (Fsp3) is 0.400. The first-order chi connectivity index (χ1) is 7.43. The van der Waals surface area contributed by atoms with Crippen LogP contribution in [0.1, 0.15) is 6.92 Å². The Bertz CT molecular complexity index is 343. The van der Waals surface area contributed by atoms with Crippen molar-refractivity contribution in [1.82, 2.24) is 0 Å². The molecule has 0 aliphatic carbocycles. The van der Waals surface area contributed by atoms with Gasteiger partial charge in [0.05, 0.1) is 0 Å². The van der Waals surface area contributed by atoms with Crippen molar-refractivity contribution in [3.05, 3.63) is 29.3 Å². The lowest BCUT2D eigenvalue weighted by Gasteiger charge is -2.22. The van der Waals surface area contributed by atoms with E-state index in [4.69, 9.17) is 11.6 Å². The molecule has 6 heteroatoms. The fourth-order valence-electron chi connectivity index (χ4n) is 1.11. The van der Waals surface area contributed by atoms with Gasteiger partial charge in [0, 0.05) is 17.3 Å². The molecule has 0 bridgehead atoms. The van der Waals surface area contributed by atoms with Crippen LogP contribution in [0, 0.1) is 0 Å². The topological polar surface area (TPSA) is 21.3 Å². The Hall–Kier alpha value is -0.940. The van der Waals surface area contributed by atoms with Gasteiger partial charge in [-0.2, -0.15) is 13.2 Å². The van der Waals surface area contributed by atoms with Crippen LogP contribution in [0.15, 0.2) is 24.3 Å². The molecule has 1 rings (SSSR count). The molecule has 0 saturated heterocycles. The number of hydrogen-bond acceptors (Lipinski definition) is 2. The lowest BCUT2D eigenvalue weighted by atomic mass is 10.3. The van der Waals surface area contributed by atoms with Crippen molar-refractivity contribution >= 4 is 17.3 Å². The summed E-state index contributed by atoms with van der Waals surface area (Å²) in [6.45, 7) is 1.47. The first-order valence-electron chi connectivity index (χ1n) is 4.64. The molecule has 0 heterocycles. The van der Waals surface area contributed by atoms with Crippen LogP contribution in [0.25, 0.3) is 0 Å². The number of alkyl halides is 3. The summed E-state index contributed by atoms with van der Waals surface area (Å²) in [7, 11) is 0. The van der Waals surface area contributed by atoms with Gasteiger partial charge in [0.25, 0.3) is 0 Å². The zero-order valence-electron chi connectivity index (χ0n) is 8.51. The lowest BCUT2D eigenvalue weighted by molar-refractivity contribution is -0.209. The summed E-state index contributed by atoms with van der Waals surface area (Å²) in [6.07, 6.45) is -6.48. The molecule has 1 N–H and O–H groups in total. The number of benzene rings is 1. The van der Waals surface area contributed by atoms with E-state index in [1.54, 1.807) is 12.1 Å². The molecule has 1 atom stereocenters. The molecule has 0 aliphatic heterocycles. The van der Waals surface area contributed by atoms with E-state index in [1.165, 1.54) is 19.1 Å². The van der Waals surface area contributed by atoms with E-state index in [2.05, 4.69) is 10.1 Å². The van der Waals surface area contributed by atoms with E-state index >= 15 is 0 Å². The van der Waals surface area contributed by atoms with Gasteiger partial charge in [-0.3, -0.25) is 0 Å². The Morgan fingerprint density at radius 3 is 2.62 bits per heavy atom. The highest BCUT2D eigenvalue weighted by molar-refractivity contribution is 6.30. The predicted octanol–water partition coefficient (Wildman–Crippen LogP) is 3.68. The molecule has 1 aromatic carbocycles. The molecule has 0 amide bonds. The predicted molar refractivity (Wildman–Crippen MR) is 56.5 cm³/mol. The molecule has 0 unspecified atom stereocenters. The van der Waals surface area contributed by atoms with E-state index in [0.29, 0.717) is 5.02 Å². The van der Waals surface area contributed by atoms with Crippen molar-refractivity contribution in [3.8, 4) is 0 Å². The molecule has 2 nitrogen and oxygen atoms in total. The van der Waals surface area contributed by atoms with Gasteiger partial charge in [-0.05, 0) is 25.1 Å². The summed E-state index contributed by atoms with van der Waals surface area (Å²) in [5, 5.41) is 2.59. The standard InChI is InChI=1S/C10H11ClF3NO/c1-2-16-9(10(12,13)14)15-8-5-3-4-7(11)6-8/h3-6,9,15H,2H2,1H3/t9-/m0/s1. The van der Waals surface area contributed by atoms with E-state index in [0.717, 1.165) is 0 Å². The first kappa shape index (κ1) is 13.1. The third-order valence-corrected chi connectivity index (χ3v) is 1.99. The summed E-state index contributed by atoms with van der Waals surface area (Å²) >= 11 is 5.66. The average Bonchev–Trinajstić information content (AvgIpc) is 2.16. The summed E-state index contributed by atoms with van der Waals surface area (Å²) in [5.74, 6) is 0. The largest absolute Gasteiger partial charge is 0.433 e. The Labute approximate surface area is 96.4 Å². The van der Waals surface area contributed by atoms with Crippen molar-refractivity contribution in [2.75, 3.05) is 11.9 Å². The Morgan fingerprint density at radius 2 is 2.12 bits per heavy atom. The van der Waals surface area contributed by atoms with Gasteiger partial charge in [0.15, 0.2) is 0 Å². The maximum absolute atomic E-state index is 12.5. The maximum atomic E-state index is 12.5. The van der Waals surface area contributed by atoms with E-state index in [-0.39, 0.29) is 12.3 Å². The van der Waals surface area contributed by atoms with Crippen LogP contribution < -0.4 is 5.32 Å². The van der Waals surface area contributed by atoms with Crippen molar-refractivity contribution < 1.29 is 17.9 Å². The van der Waals surface area contributed by atoms with Gasteiger partial charge in [-0.15, -0.1) is 0 Å². The molecule has 16 heavy (non-hydrogen) atoms. The van der Waals surface area contributed by atoms with Gasteiger partial charge in [0.2, 0.25) is 6.23 Å². The Morgan fingerprint density at radius 1 is 1.44 bits per heavy atom. The molecular formula is C10H11ClF3NO. The number of hydrogen-bond donors (Lipinski definition) is 1. The van der Waals surface area contributed by atoms with Crippen LogP contribution in [0.4, 0.5) is 18.9 Å². The highest BCUT2D eigenvalue weighted by Gasteiger charge is 2.40. The first-order valence-corrected chi connectivity index (χ1v) is 5.01. The van der Waals surface area contributed by atoms with Crippen LogP contribution in [0.3, 0.4) is 0 Å². The normalized spacial score (nSPS) is 13.6. The minimum absolute atomic E-state index is 0.0300. The van der Waals surface area contributed by atoms with Crippen molar-refractivity contribution in [1.29, 1.82) is 0 Å². The Balaban J connectivity index is 2.76. The maximum Gasteiger partial charge on any atom is 0.433 e. The summed E-state index contributed by atoms with van der Waals surface area (Å²) in [6, 6.07) is 6.03. The SMILES string of the molecule is CCO[C@H](Nc1cccc(Cl)c1)C(F)(F)F. The second-order valence-electron chi connectivity index (χ2n) is 3.03. The third-order valence-electron chi connectivity index (χ3n) is 1.75. The zero-order valence-corrected chi connectivity index (χ0v) is 9.27. The fourth-order valence-corrected chi connectivity index (χ4v) is 1.30. The number of anilines is 1. The summed E-state index contributed by atoms with van der Waals surface area (Å²) in [5.41, 5.74) is 0.267. The van der Waals surface area contributed by atoms with Gasteiger partial charge in [0.1, 0.15) is 0 Å². The lowest BCUT2D eigenvalue weighted by Crippen LogP contribution is -2.38. The third kappa shape index (κ3) is 3.90. The number of nitrogens with one attached hydrogen (secondary N) is 1. The highest BCUT2D eigenvalue weighted by Crippen LogP contribution is 2.25. The van der Waals surface area contributed by atoms with E-state index in [1.807, 2.05) is 0 Å². The minimum Gasteiger partial charge on any atom is -0.353 e. The second kappa shape index (κ2) is 5.41. The van der Waals surface area contributed by atoms with Crippen LogP contribution in [-0.2, 0) is 4.74 Å². The molecule has 0 spiro atoms. The van der Waals surface area contributed by atoms with Crippen LogP contribution in [0.2, 0.25) is 5.02 Å². The molecule has 0 aromatic heterocycles. The number of halogens is 4. The van der Waals surface area contributed by atoms with Crippen molar-refractivity contribution in [3.63, 3.8) is 0 Å². The van der Waals surface area contributed by atoms with Gasteiger partial charge < -0.3 is 10.1 Å². The van der Waals surface area contributed by atoms with Crippen LogP contribution >= 0.6 is 11.6 Å². The number of rotatable bonds is 4. The average molecular weight is 254 g/mol. The highest BCUT2D eigenvalue weighted by atomic mass is 35.5. The molecular weight excluding hydrogens is 243 g/mol. The summed E-state index contributed by atoms with van der Waals surface area (Å²) < 4.78 is 42.0. The van der Waals surface area contributed by atoms with E-state index < -0.39 is 12.4 Å². The number of ether oxygens (including phenoxy) is 1. The van der Waals surface area contributed by atoms with Gasteiger partial charge in [-0.25, -0.2) is 0 Å². The van der Waals surface area contributed by atoms with Crippen LogP contribution in [-0.4, -0.2) is 19.0 Å². The Kier molecular flexibility index (Phi) is 4.44. The van der Waals surface area contributed by atoms with Crippen molar-refractivity contribution in [2.24, 2.45) is 0 Å². The molecule has 0 aliphatic rings. The summed E-state index contributed by atoms with van der Waals surface area (Å²) in [4.78, 5) is 0. The minimum atomic E-state index is -4.46. The molecule has 0 radical (unpaired) electrons. The zero-order chi connectivity index (χ0) is 12.2. The smallest absolute Gasteiger partial charge is 0.353 e. The van der Waals surface area contributed by atoms with Crippen molar-refractivity contribution in [2.45, 2.75) is 19.3 Å². The van der Waals surface area contributed by atoms with E-state index in [9.17, 15) is 13.2 Å². The molecule has 0 fully saturated rings. The quantitative estimate of drug-likeness (QED) is 0.827. The molecule has 1 aromatic rings. The second-order valence-corrected chi connectivity index (χ2v) is 3.47. The van der Waals surface area contributed by atoms with Gasteiger partial charge in [-0.1, -0.05) is 17.7 Å². The molecule has 0 saturated carbocycles. The van der Waals surface area contributed by atoms with Crippen LogP contribution in [0.5, 0.6) is 0 Å². The molecule has 90 valence electrons.